The number of carbonyl (C=O) groups excluding carboxylic acids is 1. The van der Waals surface area contributed by atoms with Gasteiger partial charge in [-0.05, 0) is 18.6 Å². The minimum Gasteiger partial charge on any atom is -0.505 e. The fourth-order valence-electron chi connectivity index (χ4n) is 1.58. The standard InChI is InChI=1S/C13H11ClO5/c1-2-5-18-13(17)10-6-8(15)11-9(19-10)4-3-7(14)12(11)16/h3-4,6,16H,2,5H2,1H3. The number of halogens is 1. The van der Waals surface area contributed by atoms with E-state index >= 15 is 0 Å². The molecule has 100 valence electrons. The van der Waals surface area contributed by atoms with E-state index in [0.29, 0.717) is 6.42 Å². The Balaban J connectivity index is 2.54. The molecule has 0 aliphatic heterocycles. The van der Waals surface area contributed by atoms with Gasteiger partial charge in [-0.25, -0.2) is 4.79 Å². The second-order valence-corrected chi connectivity index (χ2v) is 4.29. The number of ether oxygens (including phenoxy) is 1. The van der Waals surface area contributed by atoms with E-state index in [1.54, 1.807) is 0 Å². The molecule has 0 atom stereocenters. The van der Waals surface area contributed by atoms with E-state index < -0.39 is 11.4 Å². The Morgan fingerprint density at radius 1 is 1.47 bits per heavy atom. The van der Waals surface area contributed by atoms with Gasteiger partial charge in [-0.1, -0.05) is 18.5 Å². The van der Waals surface area contributed by atoms with Gasteiger partial charge in [0.05, 0.1) is 11.6 Å². The lowest BCUT2D eigenvalue weighted by molar-refractivity contribution is 0.0469. The van der Waals surface area contributed by atoms with Crippen molar-refractivity contribution in [3.63, 3.8) is 0 Å². The summed E-state index contributed by atoms with van der Waals surface area (Å²) < 4.78 is 10.1. The minimum atomic E-state index is -0.713. The van der Waals surface area contributed by atoms with Gasteiger partial charge in [-0.3, -0.25) is 4.79 Å². The number of benzene rings is 1. The van der Waals surface area contributed by atoms with Gasteiger partial charge in [-0.15, -0.1) is 0 Å². The van der Waals surface area contributed by atoms with Gasteiger partial charge >= 0.3 is 5.97 Å². The third kappa shape index (κ3) is 2.56. The van der Waals surface area contributed by atoms with Crippen LogP contribution in [-0.4, -0.2) is 17.7 Å². The summed E-state index contributed by atoms with van der Waals surface area (Å²) in [6.07, 6.45) is 0.667. The highest BCUT2D eigenvalue weighted by Crippen LogP contribution is 2.30. The molecule has 2 rings (SSSR count). The van der Waals surface area contributed by atoms with Gasteiger partial charge < -0.3 is 14.3 Å². The highest BCUT2D eigenvalue weighted by atomic mass is 35.5. The number of carbonyl (C=O) groups is 1. The molecule has 0 amide bonds. The number of esters is 1. The molecule has 0 spiro atoms. The molecule has 0 fully saturated rings. The molecule has 0 saturated heterocycles. The summed E-state index contributed by atoms with van der Waals surface area (Å²) in [5, 5.41) is 9.69. The number of fused-ring (bicyclic) bond motifs is 1. The van der Waals surface area contributed by atoms with Crippen molar-refractivity contribution in [2.75, 3.05) is 6.61 Å². The van der Waals surface area contributed by atoms with Crippen LogP contribution in [0, 0.1) is 0 Å². The van der Waals surface area contributed by atoms with Gasteiger partial charge in [0, 0.05) is 6.07 Å². The summed E-state index contributed by atoms with van der Waals surface area (Å²) in [6, 6.07) is 3.77. The molecule has 1 aromatic heterocycles. The quantitative estimate of drug-likeness (QED) is 0.876. The fourth-order valence-corrected chi connectivity index (χ4v) is 1.73. The van der Waals surface area contributed by atoms with Gasteiger partial charge in [0.1, 0.15) is 16.7 Å². The van der Waals surface area contributed by atoms with Crippen molar-refractivity contribution in [3.05, 3.63) is 39.2 Å². The molecule has 1 N–H and O–H groups in total. The Morgan fingerprint density at radius 3 is 2.89 bits per heavy atom. The number of aromatic hydroxyl groups is 1. The van der Waals surface area contributed by atoms with E-state index in [2.05, 4.69) is 0 Å². The predicted molar refractivity (Wildman–Crippen MR) is 69.7 cm³/mol. The zero-order valence-electron chi connectivity index (χ0n) is 10.1. The Hall–Kier alpha value is -2.01. The maximum atomic E-state index is 11.9. The topological polar surface area (TPSA) is 76.7 Å². The van der Waals surface area contributed by atoms with Gasteiger partial charge in [0.15, 0.2) is 5.43 Å². The van der Waals surface area contributed by atoms with Crippen molar-refractivity contribution in [2.45, 2.75) is 13.3 Å². The molecule has 0 radical (unpaired) electrons. The molecule has 1 aromatic carbocycles. The van der Waals surface area contributed by atoms with Crippen LogP contribution in [0.3, 0.4) is 0 Å². The summed E-state index contributed by atoms with van der Waals surface area (Å²) >= 11 is 5.71. The number of phenolic OH excluding ortho intramolecular Hbond substituents is 1. The second kappa shape index (κ2) is 5.32. The lowest BCUT2D eigenvalue weighted by Crippen LogP contribution is -2.10. The molecule has 0 unspecified atom stereocenters. The molecule has 2 aromatic rings. The second-order valence-electron chi connectivity index (χ2n) is 3.88. The van der Waals surface area contributed by atoms with Crippen LogP contribution in [-0.2, 0) is 4.74 Å². The SMILES string of the molecule is CCCOC(=O)c1cc(=O)c2c(O)c(Cl)ccc2o1. The summed E-state index contributed by atoms with van der Waals surface area (Å²) in [6.45, 7) is 2.09. The first-order valence-corrected chi connectivity index (χ1v) is 6.04. The molecular formula is C13H11ClO5. The number of hydrogen-bond donors (Lipinski definition) is 1. The van der Waals surface area contributed by atoms with E-state index in [1.807, 2.05) is 6.92 Å². The van der Waals surface area contributed by atoms with Crippen LogP contribution >= 0.6 is 11.6 Å². The maximum Gasteiger partial charge on any atom is 0.374 e. The smallest absolute Gasteiger partial charge is 0.374 e. The lowest BCUT2D eigenvalue weighted by atomic mass is 10.2. The van der Waals surface area contributed by atoms with Crippen molar-refractivity contribution in [3.8, 4) is 5.75 Å². The first kappa shape index (κ1) is 13.4. The normalized spacial score (nSPS) is 10.6. The predicted octanol–water partition coefficient (Wildman–Crippen LogP) is 2.72. The van der Waals surface area contributed by atoms with Crippen LogP contribution in [0.1, 0.15) is 23.9 Å². The van der Waals surface area contributed by atoms with Crippen molar-refractivity contribution in [1.29, 1.82) is 0 Å². The van der Waals surface area contributed by atoms with E-state index in [4.69, 9.17) is 20.8 Å². The van der Waals surface area contributed by atoms with Crippen molar-refractivity contribution in [1.82, 2.24) is 0 Å². The van der Waals surface area contributed by atoms with Crippen LogP contribution in [0.25, 0.3) is 11.0 Å². The summed E-state index contributed by atoms with van der Waals surface area (Å²) in [4.78, 5) is 23.5. The minimum absolute atomic E-state index is 0.0427. The molecule has 1 heterocycles. The molecule has 5 nitrogen and oxygen atoms in total. The van der Waals surface area contributed by atoms with E-state index in [1.165, 1.54) is 12.1 Å². The van der Waals surface area contributed by atoms with Crippen molar-refractivity contribution >= 4 is 28.5 Å². The van der Waals surface area contributed by atoms with Crippen molar-refractivity contribution in [2.24, 2.45) is 0 Å². The summed E-state index contributed by atoms with van der Waals surface area (Å²) in [5.41, 5.74) is -0.470. The van der Waals surface area contributed by atoms with E-state index in [0.717, 1.165) is 6.07 Å². The summed E-state index contributed by atoms with van der Waals surface area (Å²) in [5.74, 6) is -1.27. The Morgan fingerprint density at radius 2 is 2.21 bits per heavy atom. The third-order valence-electron chi connectivity index (χ3n) is 2.46. The maximum absolute atomic E-state index is 11.9. The largest absolute Gasteiger partial charge is 0.505 e. The molecular weight excluding hydrogens is 272 g/mol. The molecule has 0 aliphatic carbocycles. The molecule has 6 heteroatoms. The Bertz CT molecular complexity index is 689. The highest BCUT2D eigenvalue weighted by molar-refractivity contribution is 6.33. The van der Waals surface area contributed by atoms with Gasteiger partial charge in [0.25, 0.3) is 0 Å². The molecule has 19 heavy (non-hydrogen) atoms. The third-order valence-corrected chi connectivity index (χ3v) is 2.76. The zero-order valence-corrected chi connectivity index (χ0v) is 10.9. The molecule has 0 aliphatic rings. The Labute approximate surface area is 113 Å². The van der Waals surface area contributed by atoms with Crippen LogP contribution in [0.4, 0.5) is 0 Å². The highest BCUT2D eigenvalue weighted by Gasteiger charge is 2.16. The monoisotopic (exact) mass is 282 g/mol. The number of phenols is 1. The lowest BCUT2D eigenvalue weighted by Gasteiger charge is -2.05. The Kier molecular flexibility index (Phi) is 3.76. The number of hydrogen-bond acceptors (Lipinski definition) is 5. The van der Waals surface area contributed by atoms with Crippen LogP contribution in [0.5, 0.6) is 5.75 Å². The van der Waals surface area contributed by atoms with Crippen molar-refractivity contribution < 1.29 is 19.1 Å². The van der Waals surface area contributed by atoms with E-state index in [9.17, 15) is 14.7 Å². The zero-order chi connectivity index (χ0) is 14.0. The van der Waals surface area contributed by atoms with E-state index in [-0.39, 0.29) is 34.1 Å². The fraction of sp³-hybridized carbons (Fsp3) is 0.231. The van der Waals surface area contributed by atoms with Gasteiger partial charge in [0.2, 0.25) is 5.76 Å². The molecule has 0 saturated carbocycles. The average Bonchev–Trinajstić information content (AvgIpc) is 2.39. The molecule has 0 bridgehead atoms. The van der Waals surface area contributed by atoms with Gasteiger partial charge in [-0.2, -0.15) is 0 Å². The van der Waals surface area contributed by atoms with Crippen LogP contribution in [0.2, 0.25) is 5.02 Å². The van der Waals surface area contributed by atoms with Crippen LogP contribution in [0.15, 0.2) is 27.4 Å². The first-order chi connectivity index (χ1) is 9.04. The summed E-state index contributed by atoms with van der Waals surface area (Å²) in [7, 11) is 0. The first-order valence-electron chi connectivity index (χ1n) is 5.67. The number of rotatable bonds is 3. The average molecular weight is 283 g/mol. The van der Waals surface area contributed by atoms with Crippen LogP contribution < -0.4 is 5.43 Å².